The van der Waals surface area contributed by atoms with Crippen molar-refractivity contribution >= 4 is 34.3 Å². The maximum absolute atomic E-state index is 15.8. The number of nitrogens with zero attached hydrogens (tertiary/aromatic N) is 1. The van der Waals surface area contributed by atoms with Crippen LogP contribution in [-0.4, -0.2) is 4.98 Å². The van der Waals surface area contributed by atoms with E-state index < -0.39 is 12.6 Å². The first kappa shape index (κ1) is 24.1. The van der Waals surface area contributed by atoms with Gasteiger partial charge in [-0.25, -0.2) is 0 Å². The SMILES string of the molecule is O=P1(c2ccccn2)c2ccccc2C2=C(c3ccccc31)C(c1ccccc1)(c1ccccc1)c1ccccc12. The third-order valence-electron chi connectivity index (χ3n) is 8.64. The molecule has 2 aliphatic rings. The lowest BCUT2D eigenvalue weighted by Gasteiger charge is -2.36. The summed E-state index contributed by atoms with van der Waals surface area (Å²) in [6, 6.07) is 52.6. The van der Waals surface area contributed by atoms with Gasteiger partial charge in [-0.15, -0.1) is 0 Å². The Labute approximate surface area is 240 Å². The average Bonchev–Trinajstić information content (AvgIpc) is 3.32. The minimum absolute atomic E-state index is 0.611. The normalized spacial score (nSPS) is 18.0. The minimum Gasteiger partial charge on any atom is -0.307 e. The second kappa shape index (κ2) is 9.13. The third kappa shape index (κ3) is 3.20. The Balaban J connectivity index is 1.63. The van der Waals surface area contributed by atoms with Crippen molar-refractivity contribution in [3.05, 3.63) is 191 Å². The van der Waals surface area contributed by atoms with Gasteiger partial charge in [0.25, 0.3) is 0 Å². The van der Waals surface area contributed by atoms with Crippen molar-refractivity contribution in [2.75, 3.05) is 0 Å². The van der Waals surface area contributed by atoms with Gasteiger partial charge in [-0.1, -0.05) is 140 Å². The summed E-state index contributed by atoms with van der Waals surface area (Å²) in [5.74, 6) is 0. The molecule has 2 heterocycles. The molecule has 1 unspecified atom stereocenters. The van der Waals surface area contributed by atoms with Crippen LogP contribution in [-0.2, 0) is 9.98 Å². The van der Waals surface area contributed by atoms with E-state index in [2.05, 4.69) is 115 Å². The van der Waals surface area contributed by atoms with E-state index in [-0.39, 0.29) is 0 Å². The zero-order chi connectivity index (χ0) is 27.4. The highest BCUT2D eigenvalue weighted by Crippen LogP contribution is 2.62. The largest absolute Gasteiger partial charge is 0.307 e. The Bertz CT molecular complexity index is 1970. The van der Waals surface area contributed by atoms with Crippen LogP contribution in [0.15, 0.2) is 158 Å². The molecule has 0 amide bonds. The number of allylic oxidation sites excluding steroid dienone is 1. The van der Waals surface area contributed by atoms with Crippen molar-refractivity contribution in [3.8, 4) is 0 Å². The fraction of sp³-hybridized carbons (Fsp3) is 0.0263. The lowest BCUT2D eigenvalue weighted by molar-refractivity contribution is 0.592. The number of rotatable bonds is 3. The molecule has 41 heavy (non-hydrogen) atoms. The summed E-state index contributed by atoms with van der Waals surface area (Å²) in [6.07, 6.45) is 1.75. The van der Waals surface area contributed by atoms with Gasteiger partial charge in [0.1, 0.15) is 5.44 Å². The summed E-state index contributed by atoms with van der Waals surface area (Å²) < 4.78 is 15.8. The highest BCUT2D eigenvalue weighted by molar-refractivity contribution is 7.85. The molecule has 194 valence electrons. The van der Waals surface area contributed by atoms with E-state index in [1.165, 1.54) is 27.8 Å². The highest BCUT2D eigenvalue weighted by atomic mass is 31.2. The second-order valence-corrected chi connectivity index (χ2v) is 13.2. The first-order valence-corrected chi connectivity index (χ1v) is 15.6. The number of fused-ring (bicyclic) bond motifs is 6. The summed E-state index contributed by atoms with van der Waals surface area (Å²) in [4.78, 5) is 4.72. The van der Waals surface area contributed by atoms with Crippen LogP contribution < -0.4 is 16.0 Å². The third-order valence-corrected chi connectivity index (χ3v) is 11.7. The van der Waals surface area contributed by atoms with E-state index in [1.807, 2.05) is 36.4 Å². The van der Waals surface area contributed by atoms with E-state index in [4.69, 9.17) is 4.98 Å². The van der Waals surface area contributed by atoms with Crippen LogP contribution in [0.3, 0.4) is 0 Å². The number of benzene rings is 5. The van der Waals surface area contributed by atoms with Crippen molar-refractivity contribution in [2.45, 2.75) is 5.41 Å². The molecule has 0 radical (unpaired) electrons. The molecule has 1 aliphatic carbocycles. The Morgan fingerprint density at radius 1 is 0.488 bits per heavy atom. The molecule has 0 fully saturated rings. The maximum Gasteiger partial charge on any atom is 0.189 e. The molecule has 0 saturated carbocycles. The van der Waals surface area contributed by atoms with E-state index in [1.54, 1.807) is 6.20 Å². The Kier molecular flexibility index (Phi) is 5.35. The molecule has 0 bridgehead atoms. The van der Waals surface area contributed by atoms with Gasteiger partial charge in [0.05, 0.1) is 5.41 Å². The Morgan fingerprint density at radius 2 is 1.00 bits per heavy atom. The monoisotopic (exact) mass is 543 g/mol. The Morgan fingerprint density at radius 3 is 1.63 bits per heavy atom. The number of hydrogen-bond acceptors (Lipinski definition) is 2. The summed E-state index contributed by atoms with van der Waals surface area (Å²) in [5, 5.41) is 1.67. The molecule has 0 spiro atoms. The van der Waals surface area contributed by atoms with Gasteiger partial charge < -0.3 is 4.57 Å². The molecule has 5 aromatic carbocycles. The lowest BCUT2D eigenvalue weighted by atomic mass is 9.65. The zero-order valence-corrected chi connectivity index (χ0v) is 23.2. The molecular formula is C38H26NOP. The van der Waals surface area contributed by atoms with Crippen LogP contribution in [0, 0.1) is 0 Å². The van der Waals surface area contributed by atoms with Gasteiger partial charge in [0.2, 0.25) is 0 Å². The van der Waals surface area contributed by atoms with Crippen LogP contribution in [0.5, 0.6) is 0 Å². The zero-order valence-electron chi connectivity index (χ0n) is 22.3. The van der Waals surface area contributed by atoms with Crippen molar-refractivity contribution < 1.29 is 4.57 Å². The minimum atomic E-state index is -3.35. The first-order valence-electron chi connectivity index (χ1n) is 13.9. The summed E-state index contributed by atoms with van der Waals surface area (Å²) in [7, 11) is -3.35. The van der Waals surface area contributed by atoms with Crippen LogP contribution in [0.2, 0.25) is 0 Å². The average molecular weight is 544 g/mol. The molecule has 0 N–H and O–H groups in total. The predicted octanol–water partition coefficient (Wildman–Crippen LogP) is 7.34. The van der Waals surface area contributed by atoms with E-state index in [9.17, 15) is 0 Å². The van der Waals surface area contributed by atoms with Crippen molar-refractivity contribution in [1.29, 1.82) is 0 Å². The van der Waals surface area contributed by atoms with Crippen LogP contribution >= 0.6 is 7.14 Å². The number of hydrogen-bond donors (Lipinski definition) is 0. The molecule has 8 rings (SSSR count). The Hall–Kier alpha value is -4.78. The molecule has 1 aromatic heterocycles. The van der Waals surface area contributed by atoms with Crippen molar-refractivity contribution in [2.24, 2.45) is 0 Å². The number of pyridine rings is 1. The topological polar surface area (TPSA) is 30.0 Å². The highest BCUT2D eigenvalue weighted by Gasteiger charge is 2.52. The molecule has 1 aliphatic heterocycles. The van der Waals surface area contributed by atoms with Gasteiger partial charge in [0.15, 0.2) is 7.14 Å². The van der Waals surface area contributed by atoms with E-state index >= 15 is 4.57 Å². The van der Waals surface area contributed by atoms with Crippen molar-refractivity contribution in [1.82, 2.24) is 4.98 Å². The van der Waals surface area contributed by atoms with Gasteiger partial charge >= 0.3 is 0 Å². The van der Waals surface area contributed by atoms with Gasteiger partial charge in [-0.3, -0.25) is 4.98 Å². The summed E-state index contributed by atoms with van der Waals surface area (Å²) in [6.45, 7) is 0. The molecule has 1 atom stereocenters. The molecule has 3 heteroatoms. The van der Waals surface area contributed by atoms with Crippen LogP contribution in [0.4, 0.5) is 0 Å². The number of aromatic nitrogens is 1. The fourth-order valence-corrected chi connectivity index (χ4v) is 10.0. The quantitative estimate of drug-likeness (QED) is 0.219. The van der Waals surface area contributed by atoms with Crippen LogP contribution in [0.25, 0.3) is 11.1 Å². The van der Waals surface area contributed by atoms with Gasteiger partial charge in [-0.2, -0.15) is 0 Å². The smallest absolute Gasteiger partial charge is 0.189 e. The van der Waals surface area contributed by atoms with Gasteiger partial charge in [-0.05, 0) is 56.7 Å². The summed E-state index contributed by atoms with van der Waals surface area (Å²) in [5.41, 5.74) is 9.11. The second-order valence-electron chi connectivity index (χ2n) is 10.6. The lowest BCUT2D eigenvalue weighted by Crippen LogP contribution is -2.33. The predicted molar refractivity (Wildman–Crippen MR) is 169 cm³/mol. The summed E-state index contributed by atoms with van der Waals surface area (Å²) >= 11 is 0. The van der Waals surface area contributed by atoms with Crippen LogP contribution in [0.1, 0.15) is 33.4 Å². The van der Waals surface area contributed by atoms with Gasteiger partial charge in [0, 0.05) is 16.8 Å². The first-order chi connectivity index (χ1) is 20.3. The van der Waals surface area contributed by atoms with E-state index in [0.29, 0.717) is 5.44 Å². The fourth-order valence-electron chi connectivity index (χ4n) is 7.08. The van der Waals surface area contributed by atoms with Crippen molar-refractivity contribution in [3.63, 3.8) is 0 Å². The molecular weight excluding hydrogens is 517 g/mol. The molecule has 2 nitrogen and oxygen atoms in total. The van der Waals surface area contributed by atoms with E-state index in [0.717, 1.165) is 27.3 Å². The standard InChI is InChI=1S/C38H26NOP/c40-41(35-25-13-14-26-39-35)33-23-11-8-20-30(33)36-29-19-7-10-22-32(29)38(27-15-3-1-4-16-27,28-17-5-2-6-18-28)37(36)31-21-9-12-24-34(31)41/h1-26H. The molecule has 6 aromatic rings. The molecule has 0 saturated heterocycles. The maximum atomic E-state index is 15.8.